The van der Waals surface area contributed by atoms with Crippen LogP contribution in [-0.4, -0.2) is 36.6 Å². The summed E-state index contributed by atoms with van der Waals surface area (Å²) in [5, 5.41) is 3.58. The topological polar surface area (TPSA) is 15.3 Å². The Hall–Kier alpha value is -0.0800. The summed E-state index contributed by atoms with van der Waals surface area (Å²) in [4.78, 5) is 2.66. The number of hydrogen-bond donors (Lipinski definition) is 1. The van der Waals surface area contributed by atoms with Gasteiger partial charge in [-0.3, -0.25) is 4.90 Å². The molecule has 1 N–H and O–H groups in total. The Morgan fingerprint density at radius 1 is 1.33 bits per heavy atom. The molecule has 0 bridgehead atoms. The predicted octanol–water partition coefficient (Wildman–Crippen LogP) is 2.49. The minimum atomic E-state index is 0.735. The smallest absolute Gasteiger partial charge is 0.0195 e. The van der Waals surface area contributed by atoms with Gasteiger partial charge in [0.05, 0.1) is 0 Å². The van der Waals surface area contributed by atoms with Crippen LogP contribution >= 0.6 is 0 Å². The van der Waals surface area contributed by atoms with Crippen LogP contribution in [0.2, 0.25) is 0 Å². The van der Waals surface area contributed by atoms with Crippen LogP contribution in [0.25, 0.3) is 0 Å². The van der Waals surface area contributed by atoms with E-state index in [1.807, 2.05) is 0 Å². The van der Waals surface area contributed by atoms with E-state index in [-0.39, 0.29) is 0 Å². The van der Waals surface area contributed by atoms with Gasteiger partial charge in [-0.15, -0.1) is 0 Å². The van der Waals surface area contributed by atoms with Gasteiger partial charge in [0, 0.05) is 18.6 Å². The largest absolute Gasteiger partial charge is 0.313 e. The van der Waals surface area contributed by atoms with Crippen LogP contribution in [0.5, 0.6) is 0 Å². The summed E-state index contributed by atoms with van der Waals surface area (Å²) in [7, 11) is 0. The van der Waals surface area contributed by atoms with Crippen molar-refractivity contribution >= 4 is 0 Å². The maximum atomic E-state index is 3.58. The Morgan fingerprint density at radius 3 is 2.67 bits per heavy atom. The van der Waals surface area contributed by atoms with E-state index in [4.69, 9.17) is 0 Å². The van der Waals surface area contributed by atoms with Gasteiger partial charge in [0.2, 0.25) is 0 Å². The van der Waals surface area contributed by atoms with Crippen LogP contribution in [-0.2, 0) is 0 Å². The molecule has 1 aliphatic rings. The van der Waals surface area contributed by atoms with Crippen LogP contribution in [0.1, 0.15) is 47.0 Å². The summed E-state index contributed by atoms with van der Waals surface area (Å²) in [5.41, 5.74) is 0. The van der Waals surface area contributed by atoms with Crippen LogP contribution in [0, 0.1) is 5.92 Å². The van der Waals surface area contributed by atoms with Crippen LogP contribution in [0.4, 0.5) is 0 Å². The predicted molar refractivity (Wildman–Crippen MR) is 67.2 cm³/mol. The highest BCUT2D eigenvalue weighted by atomic mass is 15.2. The van der Waals surface area contributed by atoms with Crippen LogP contribution < -0.4 is 5.32 Å². The first-order chi connectivity index (χ1) is 7.13. The second-order valence-electron chi connectivity index (χ2n) is 5.37. The van der Waals surface area contributed by atoms with Crippen molar-refractivity contribution in [3.8, 4) is 0 Å². The van der Waals surface area contributed by atoms with E-state index in [2.05, 4.69) is 37.9 Å². The molecule has 15 heavy (non-hydrogen) atoms. The van der Waals surface area contributed by atoms with Gasteiger partial charge in [-0.1, -0.05) is 20.8 Å². The maximum Gasteiger partial charge on any atom is 0.0195 e. The van der Waals surface area contributed by atoms with Gasteiger partial charge in [-0.25, -0.2) is 0 Å². The molecule has 0 aromatic heterocycles. The van der Waals surface area contributed by atoms with E-state index in [0.717, 1.165) is 24.5 Å². The highest BCUT2D eigenvalue weighted by Gasteiger charge is 2.22. The first-order valence-corrected chi connectivity index (χ1v) is 6.61. The van der Waals surface area contributed by atoms with Crippen molar-refractivity contribution in [2.24, 2.45) is 5.92 Å². The summed E-state index contributed by atoms with van der Waals surface area (Å²) in [6.07, 6.45) is 4.05. The third kappa shape index (κ3) is 4.52. The van der Waals surface area contributed by atoms with E-state index < -0.39 is 0 Å². The number of rotatable bonds is 5. The SMILES string of the molecule is CCNC1CCCN(C(C)CC(C)C)C1. The van der Waals surface area contributed by atoms with E-state index in [9.17, 15) is 0 Å². The van der Waals surface area contributed by atoms with Gasteiger partial charge >= 0.3 is 0 Å². The molecule has 0 radical (unpaired) electrons. The fraction of sp³-hybridized carbons (Fsp3) is 1.00. The molecular weight excluding hydrogens is 184 g/mol. The minimum absolute atomic E-state index is 0.735. The van der Waals surface area contributed by atoms with E-state index in [1.54, 1.807) is 0 Å². The highest BCUT2D eigenvalue weighted by Crippen LogP contribution is 2.17. The maximum absolute atomic E-state index is 3.58. The third-order valence-corrected chi connectivity index (χ3v) is 3.38. The normalized spacial score (nSPS) is 25.8. The monoisotopic (exact) mass is 212 g/mol. The molecule has 0 spiro atoms. The summed E-state index contributed by atoms with van der Waals surface area (Å²) in [6, 6.07) is 1.49. The van der Waals surface area contributed by atoms with E-state index >= 15 is 0 Å². The second kappa shape index (κ2) is 6.49. The standard InChI is InChI=1S/C13H28N2/c1-5-14-13-7-6-8-15(10-13)12(4)9-11(2)3/h11-14H,5-10H2,1-4H3. The lowest BCUT2D eigenvalue weighted by Gasteiger charge is -2.37. The Kier molecular flexibility index (Phi) is 5.62. The first kappa shape index (κ1) is 13.0. The van der Waals surface area contributed by atoms with Crippen LogP contribution in [0.3, 0.4) is 0 Å². The Bertz CT molecular complexity index is 166. The van der Waals surface area contributed by atoms with Gasteiger partial charge in [0.1, 0.15) is 0 Å². The Morgan fingerprint density at radius 2 is 2.07 bits per heavy atom. The summed E-state index contributed by atoms with van der Waals surface area (Å²) in [5.74, 6) is 0.819. The van der Waals surface area contributed by atoms with Crippen molar-refractivity contribution in [2.75, 3.05) is 19.6 Å². The molecule has 1 heterocycles. The van der Waals surface area contributed by atoms with E-state index in [0.29, 0.717) is 0 Å². The highest BCUT2D eigenvalue weighted by molar-refractivity contribution is 4.81. The Balaban J connectivity index is 2.34. The fourth-order valence-electron chi connectivity index (χ4n) is 2.69. The Labute approximate surface area is 95.4 Å². The number of nitrogens with one attached hydrogen (secondary N) is 1. The zero-order valence-corrected chi connectivity index (χ0v) is 10.9. The molecule has 1 aliphatic heterocycles. The molecule has 2 heteroatoms. The summed E-state index contributed by atoms with van der Waals surface area (Å²) < 4.78 is 0. The molecular formula is C13H28N2. The zero-order valence-electron chi connectivity index (χ0n) is 10.9. The molecule has 0 aromatic carbocycles. The van der Waals surface area contributed by atoms with Crippen LogP contribution in [0.15, 0.2) is 0 Å². The molecule has 1 fully saturated rings. The number of likely N-dealkylation sites (tertiary alicyclic amines) is 1. The van der Waals surface area contributed by atoms with Gasteiger partial charge in [0.25, 0.3) is 0 Å². The zero-order chi connectivity index (χ0) is 11.3. The average molecular weight is 212 g/mol. The first-order valence-electron chi connectivity index (χ1n) is 6.61. The molecule has 1 saturated heterocycles. The lowest BCUT2D eigenvalue weighted by atomic mass is 9.99. The second-order valence-corrected chi connectivity index (χ2v) is 5.37. The molecule has 2 atom stereocenters. The lowest BCUT2D eigenvalue weighted by Crippen LogP contribution is -2.49. The molecule has 0 aliphatic carbocycles. The molecule has 1 rings (SSSR count). The van der Waals surface area contributed by atoms with Gasteiger partial charge in [0.15, 0.2) is 0 Å². The number of likely N-dealkylation sites (N-methyl/N-ethyl adjacent to an activating group) is 1. The van der Waals surface area contributed by atoms with Gasteiger partial charge in [-0.05, 0) is 45.2 Å². The molecule has 0 saturated carbocycles. The van der Waals surface area contributed by atoms with Crippen molar-refractivity contribution in [1.82, 2.24) is 10.2 Å². The third-order valence-electron chi connectivity index (χ3n) is 3.38. The fourth-order valence-corrected chi connectivity index (χ4v) is 2.69. The van der Waals surface area contributed by atoms with Gasteiger partial charge < -0.3 is 5.32 Å². The molecule has 2 unspecified atom stereocenters. The molecule has 0 amide bonds. The number of piperidine rings is 1. The number of nitrogens with zero attached hydrogens (tertiary/aromatic N) is 1. The van der Waals surface area contributed by atoms with Crippen molar-refractivity contribution in [1.29, 1.82) is 0 Å². The number of hydrogen-bond acceptors (Lipinski definition) is 2. The molecule has 90 valence electrons. The van der Waals surface area contributed by atoms with Crippen molar-refractivity contribution in [3.05, 3.63) is 0 Å². The van der Waals surface area contributed by atoms with E-state index in [1.165, 1.54) is 32.4 Å². The molecule has 0 aromatic rings. The minimum Gasteiger partial charge on any atom is -0.313 e. The van der Waals surface area contributed by atoms with Gasteiger partial charge in [-0.2, -0.15) is 0 Å². The van der Waals surface area contributed by atoms with Crippen molar-refractivity contribution in [3.63, 3.8) is 0 Å². The molecule has 2 nitrogen and oxygen atoms in total. The summed E-state index contributed by atoms with van der Waals surface area (Å²) >= 11 is 0. The average Bonchev–Trinajstić information content (AvgIpc) is 2.17. The van der Waals surface area contributed by atoms with Crippen molar-refractivity contribution in [2.45, 2.75) is 59.0 Å². The van der Waals surface area contributed by atoms with Crippen molar-refractivity contribution < 1.29 is 0 Å². The lowest BCUT2D eigenvalue weighted by molar-refractivity contribution is 0.132. The quantitative estimate of drug-likeness (QED) is 0.753. The summed E-state index contributed by atoms with van der Waals surface area (Å²) in [6.45, 7) is 12.9.